The van der Waals surface area contributed by atoms with Crippen molar-refractivity contribution in [2.24, 2.45) is 0 Å². The van der Waals surface area contributed by atoms with Crippen LogP contribution < -0.4 is 0 Å². The average molecular weight is 351 g/mol. The zero-order valence-electron chi connectivity index (χ0n) is 15.3. The largest absolute Gasteiger partial charge is 0.412 e. The highest BCUT2D eigenvalue weighted by molar-refractivity contribution is 6.70. The summed E-state index contributed by atoms with van der Waals surface area (Å²) in [6.07, 6.45) is 0.784. The molecular weight excluding hydrogens is 316 g/mol. The molecule has 0 bridgehead atoms. The SMILES string of the molecule is C[Si](C)(C)OC1C[C@H](O[Si](C)(C)C)[C@H](O[Si](C)(C)C)CO1. The van der Waals surface area contributed by atoms with Gasteiger partial charge in [-0.1, -0.05) is 0 Å². The van der Waals surface area contributed by atoms with E-state index < -0.39 is 25.0 Å². The molecule has 0 spiro atoms. The van der Waals surface area contributed by atoms with E-state index in [1.54, 1.807) is 0 Å². The summed E-state index contributed by atoms with van der Waals surface area (Å²) in [7, 11) is -4.82. The molecule has 21 heavy (non-hydrogen) atoms. The van der Waals surface area contributed by atoms with Crippen LogP contribution in [0.3, 0.4) is 0 Å². The van der Waals surface area contributed by atoms with Gasteiger partial charge in [0, 0.05) is 6.42 Å². The second-order valence-corrected chi connectivity index (χ2v) is 22.1. The third-order valence-electron chi connectivity index (χ3n) is 2.78. The Labute approximate surface area is 133 Å². The maximum Gasteiger partial charge on any atom is 0.187 e. The summed E-state index contributed by atoms with van der Waals surface area (Å²) in [4.78, 5) is 0. The highest BCUT2D eigenvalue weighted by atomic mass is 28.4. The van der Waals surface area contributed by atoms with E-state index in [2.05, 4.69) is 58.9 Å². The van der Waals surface area contributed by atoms with Crippen LogP contribution >= 0.6 is 0 Å². The van der Waals surface area contributed by atoms with E-state index in [-0.39, 0.29) is 18.5 Å². The van der Waals surface area contributed by atoms with Crippen molar-refractivity contribution < 1.29 is 18.0 Å². The monoisotopic (exact) mass is 350 g/mol. The number of ether oxygens (including phenoxy) is 1. The van der Waals surface area contributed by atoms with Crippen LogP contribution in [0.5, 0.6) is 0 Å². The van der Waals surface area contributed by atoms with Crippen LogP contribution in [0.15, 0.2) is 0 Å². The highest BCUT2D eigenvalue weighted by Crippen LogP contribution is 2.27. The fourth-order valence-electron chi connectivity index (χ4n) is 2.34. The third-order valence-corrected chi connectivity index (χ3v) is 5.77. The van der Waals surface area contributed by atoms with Crippen LogP contribution in [0.25, 0.3) is 0 Å². The van der Waals surface area contributed by atoms with Gasteiger partial charge in [0.25, 0.3) is 0 Å². The number of hydrogen-bond donors (Lipinski definition) is 0. The molecule has 0 aliphatic carbocycles. The number of rotatable bonds is 6. The van der Waals surface area contributed by atoms with Crippen molar-refractivity contribution in [1.29, 1.82) is 0 Å². The molecular formula is C14H34O4Si3. The molecule has 0 aromatic heterocycles. The molecule has 1 aliphatic heterocycles. The lowest BCUT2D eigenvalue weighted by molar-refractivity contribution is -0.177. The summed E-state index contributed by atoms with van der Waals surface area (Å²) >= 11 is 0. The normalized spacial score (nSPS) is 28.7. The smallest absolute Gasteiger partial charge is 0.187 e. The molecule has 1 aliphatic rings. The molecule has 1 rings (SSSR count). The van der Waals surface area contributed by atoms with Gasteiger partial charge in [-0.05, 0) is 58.9 Å². The summed E-state index contributed by atoms with van der Waals surface area (Å²) in [6, 6.07) is 0. The lowest BCUT2D eigenvalue weighted by Crippen LogP contribution is -2.53. The molecule has 4 nitrogen and oxygen atoms in total. The van der Waals surface area contributed by atoms with Gasteiger partial charge >= 0.3 is 0 Å². The zero-order chi connectivity index (χ0) is 16.5. The fourth-order valence-corrected chi connectivity index (χ4v) is 5.57. The van der Waals surface area contributed by atoms with E-state index in [0.29, 0.717) is 6.61 Å². The van der Waals surface area contributed by atoms with E-state index in [4.69, 9.17) is 18.0 Å². The average Bonchev–Trinajstić information content (AvgIpc) is 2.15. The second-order valence-electron chi connectivity index (χ2n) is 8.77. The molecule has 0 radical (unpaired) electrons. The summed E-state index contributed by atoms with van der Waals surface area (Å²) in [5.41, 5.74) is 0. The van der Waals surface area contributed by atoms with Crippen LogP contribution in [0.4, 0.5) is 0 Å². The molecule has 1 saturated heterocycles. The molecule has 0 amide bonds. The molecule has 3 atom stereocenters. The quantitative estimate of drug-likeness (QED) is 0.678. The lowest BCUT2D eigenvalue weighted by Gasteiger charge is -2.42. The summed E-state index contributed by atoms with van der Waals surface area (Å²) < 4.78 is 24.7. The summed E-state index contributed by atoms with van der Waals surface area (Å²) in [5.74, 6) is 0. The predicted molar refractivity (Wildman–Crippen MR) is 95.2 cm³/mol. The first-order valence-electron chi connectivity index (χ1n) is 7.90. The molecule has 1 heterocycles. The molecule has 0 saturated carbocycles. The minimum Gasteiger partial charge on any atom is -0.412 e. The highest BCUT2D eigenvalue weighted by Gasteiger charge is 2.39. The maximum atomic E-state index is 6.37. The molecule has 1 unspecified atom stereocenters. The van der Waals surface area contributed by atoms with Gasteiger partial charge in [-0.3, -0.25) is 0 Å². The van der Waals surface area contributed by atoms with E-state index in [1.807, 2.05) is 0 Å². The lowest BCUT2D eigenvalue weighted by atomic mass is 10.1. The second kappa shape index (κ2) is 6.94. The van der Waals surface area contributed by atoms with Crippen LogP contribution in [0.2, 0.25) is 58.9 Å². The van der Waals surface area contributed by atoms with Gasteiger partial charge in [-0.15, -0.1) is 0 Å². The standard InChI is InChI=1S/C14H34O4Si3/c1-19(2,3)16-12-10-14(18-21(7,8)9)15-11-13(12)17-20(4,5)6/h12-14H,10-11H2,1-9H3/t12-,13+,14?/m0/s1. The Bertz CT molecular complexity index is 331. The predicted octanol–water partition coefficient (Wildman–Crippen LogP) is 4.02. The molecule has 0 N–H and O–H groups in total. The Morgan fingerprint density at radius 3 is 1.52 bits per heavy atom. The van der Waals surface area contributed by atoms with Crippen molar-refractivity contribution in [3.63, 3.8) is 0 Å². The van der Waals surface area contributed by atoms with E-state index in [1.165, 1.54) is 0 Å². The minimum absolute atomic E-state index is 0.0462. The van der Waals surface area contributed by atoms with Gasteiger partial charge in [0.15, 0.2) is 25.0 Å². The maximum absolute atomic E-state index is 6.37. The van der Waals surface area contributed by atoms with Gasteiger partial charge in [0.05, 0.1) is 18.8 Å². The van der Waals surface area contributed by atoms with Crippen LogP contribution in [0, 0.1) is 0 Å². The van der Waals surface area contributed by atoms with Crippen molar-refractivity contribution in [2.45, 2.75) is 83.8 Å². The third kappa shape index (κ3) is 8.63. The minimum atomic E-state index is -1.61. The molecule has 0 aromatic carbocycles. The topological polar surface area (TPSA) is 36.9 Å². The van der Waals surface area contributed by atoms with Crippen LogP contribution in [-0.4, -0.2) is 50.1 Å². The fraction of sp³-hybridized carbons (Fsp3) is 1.00. The van der Waals surface area contributed by atoms with Gasteiger partial charge in [-0.2, -0.15) is 0 Å². The van der Waals surface area contributed by atoms with Crippen molar-refractivity contribution in [3.05, 3.63) is 0 Å². The van der Waals surface area contributed by atoms with Crippen molar-refractivity contribution in [2.75, 3.05) is 6.61 Å². The van der Waals surface area contributed by atoms with Crippen LogP contribution in [0.1, 0.15) is 6.42 Å². The Balaban J connectivity index is 2.74. The Kier molecular flexibility index (Phi) is 6.46. The number of hydrogen-bond acceptors (Lipinski definition) is 4. The first-order chi connectivity index (χ1) is 9.25. The Morgan fingerprint density at radius 1 is 0.667 bits per heavy atom. The molecule has 0 aromatic rings. The molecule has 1 fully saturated rings. The first-order valence-corrected chi connectivity index (χ1v) is 18.1. The van der Waals surface area contributed by atoms with Gasteiger partial charge in [0.2, 0.25) is 0 Å². The van der Waals surface area contributed by atoms with Gasteiger partial charge in [-0.25, -0.2) is 0 Å². The zero-order valence-corrected chi connectivity index (χ0v) is 18.3. The van der Waals surface area contributed by atoms with E-state index >= 15 is 0 Å². The first kappa shape index (κ1) is 19.5. The van der Waals surface area contributed by atoms with Crippen LogP contribution in [-0.2, 0) is 18.0 Å². The molecule has 126 valence electrons. The summed E-state index contributed by atoms with van der Waals surface area (Å²) in [5, 5.41) is 0. The Hall–Kier alpha value is 0.491. The van der Waals surface area contributed by atoms with Crippen molar-refractivity contribution >= 4 is 25.0 Å². The molecule has 7 heteroatoms. The Morgan fingerprint density at radius 2 is 1.10 bits per heavy atom. The van der Waals surface area contributed by atoms with Crippen molar-refractivity contribution in [1.82, 2.24) is 0 Å². The van der Waals surface area contributed by atoms with Gasteiger partial charge < -0.3 is 18.0 Å². The van der Waals surface area contributed by atoms with Gasteiger partial charge in [0.1, 0.15) is 6.29 Å². The summed E-state index contributed by atoms with van der Waals surface area (Å²) in [6.45, 7) is 20.5. The van der Waals surface area contributed by atoms with E-state index in [9.17, 15) is 0 Å². The van der Waals surface area contributed by atoms with E-state index in [0.717, 1.165) is 6.42 Å². The van der Waals surface area contributed by atoms with Crippen molar-refractivity contribution in [3.8, 4) is 0 Å².